The van der Waals surface area contributed by atoms with Gasteiger partial charge in [-0.05, 0) is 72.5 Å². The minimum Gasteiger partial charge on any atom is -0.478 e. The first-order chi connectivity index (χ1) is 32.9. The molecule has 2 fully saturated rings. The number of carboxylic acids is 1. The van der Waals surface area contributed by atoms with Gasteiger partial charge in [-0.15, -0.1) is 10.2 Å². The van der Waals surface area contributed by atoms with Gasteiger partial charge in [-0.3, -0.25) is 25.9 Å². The number of alkyl halides is 6. The van der Waals surface area contributed by atoms with Crippen LogP contribution in [0.2, 0.25) is 0 Å². The lowest BCUT2D eigenvalue weighted by molar-refractivity contribution is -0.138. The van der Waals surface area contributed by atoms with Gasteiger partial charge < -0.3 is 5.11 Å². The van der Waals surface area contributed by atoms with E-state index in [4.69, 9.17) is 10.9 Å². The Labute approximate surface area is 402 Å². The molecule has 8 rings (SSSR count). The van der Waals surface area contributed by atoms with Crippen LogP contribution >= 0.6 is 0 Å². The molecule has 0 bridgehead atoms. The maximum absolute atomic E-state index is 13.1. The van der Waals surface area contributed by atoms with E-state index in [-0.39, 0.29) is 36.1 Å². The molecule has 6 aromatic rings. The van der Waals surface area contributed by atoms with Crippen LogP contribution < -0.4 is 11.3 Å². The van der Waals surface area contributed by atoms with Crippen LogP contribution in [0.25, 0.3) is 35.2 Å². The molecule has 2 aliphatic heterocycles. The van der Waals surface area contributed by atoms with E-state index in [0.717, 1.165) is 93.6 Å². The van der Waals surface area contributed by atoms with Gasteiger partial charge in [0.05, 0.1) is 11.1 Å². The van der Waals surface area contributed by atoms with Crippen LogP contribution in [0.5, 0.6) is 0 Å². The number of nitrogens with zero attached hydrogens (tertiary/aromatic N) is 10. The van der Waals surface area contributed by atoms with Gasteiger partial charge >= 0.3 is 18.3 Å². The number of halogens is 6. The number of hydrazine groups is 2. The average molecular weight is 975 g/mol. The fourth-order valence-electron chi connectivity index (χ4n) is 7.21. The fourth-order valence-corrected chi connectivity index (χ4v) is 7.21. The maximum atomic E-state index is 13.1. The van der Waals surface area contributed by atoms with Gasteiger partial charge in [0.2, 0.25) is 0 Å². The van der Waals surface area contributed by atoms with Gasteiger partial charge in [-0.2, -0.15) is 26.3 Å². The van der Waals surface area contributed by atoms with E-state index in [9.17, 15) is 35.9 Å². The minimum absolute atomic E-state index is 0. The Hall–Kier alpha value is -7.04. The second-order valence-corrected chi connectivity index (χ2v) is 16.3. The summed E-state index contributed by atoms with van der Waals surface area (Å²) >= 11 is 0. The van der Waals surface area contributed by atoms with Crippen molar-refractivity contribution in [1.29, 1.82) is 0 Å². The topological polar surface area (TPSA) is 167 Å². The minimum atomic E-state index is -4.45. The normalized spacial score (nSPS) is 15.2. The molecular formula is C49H56F6N12O3. The van der Waals surface area contributed by atoms with Gasteiger partial charge in [-0.25, -0.2) is 34.1 Å². The molecule has 0 unspecified atom stereocenters. The van der Waals surface area contributed by atoms with Crippen LogP contribution in [0.15, 0.2) is 122 Å². The first-order valence-corrected chi connectivity index (χ1v) is 21.7. The summed E-state index contributed by atoms with van der Waals surface area (Å²) in [5, 5.41) is 20.3. The first-order valence-electron chi connectivity index (χ1n) is 21.7. The van der Waals surface area contributed by atoms with E-state index < -0.39 is 29.4 Å². The Balaban J connectivity index is 0.000000215. The summed E-state index contributed by atoms with van der Waals surface area (Å²) in [4.78, 5) is 35.4. The number of hydrogen-bond donors (Lipinski definition) is 3. The number of benzene rings is 4. The molecule has 4 N–H and O–H groups in total. The summed E-state index contributed by atoms with van der Waals surface area (Å²) in [6.45, 7) is 12.2. The maximum Gasteiger partial charge on any atom is 0.416 e. The molecule has 1 amide bonds. The number of aromatic nitrogens is 6. The number of aliphatic carboxylic acids is 1. The number of rotatable bonds is 11. The van der Waals surface area contributed by atoms with Crippen molar-refractivity contribution in [2.45, 2.75) is 46.7 Å². The number of amides is 1. The molecule has 0 atom stereocenters. The SMILES string of the molecule is C.Cc1cc(-c2ncn(/C=C\C(=O)NN3CCN(Cc4ccccc4)CC3)n2)cc(C(F)(F)F)c1.Cc1cc(-c2ncn(/C=C\C(=O)O)n2)cc(C(F)(F)F)c1.NN1CCN(Cc2ccccc2)CC1. The van der Waals surface area contributed by atoms with E-state index >= 15 is 0 Å². The molecule has 15 nitrogen and oxygen atoms in total. The van der Waals surface area contributed by atoms with Crippen LogP contribution in [0, 0.1) is 13.8 Å². The number of nitrogens with two attached hydrogens (primary N) is 1. The van der Waals surface area contributed by atoms with E-state index in [1.807, 2.05) is 28.2 Å². The average Bonchev–Trinajstić information content (AvgIpc) is 4.00. The highest BCUT2D eigenvalue weighted by Crippen LogP contribution is 2.34. The third-order valence-corrected chi connectivity index (χ3v) is 10.6. The standard InChI is InChI=1S/C24H25F3N6O.C13H10F3N3O2.C11H17N3.CH4/c1-18-13-20(15-21(14-18)24(25,26)27)23-28-17-33(30-23)8-7-22(34)29-32-11-9-31(10-12-32)16-19-5-3-2-4-6-19;1-8-4-9(6-10(5-8)13(14,15)16)12-17-7-19(18-12)3-2-11(20)21;12-14-8-6-13(7-9-14)10-11-4-2-1-3-5-11;/h2-8,13-15,17H,9-12,16H2,1H3,(H,29,34);2-7H,1H3,(H,20,21);1-5H,6-10,12H2;1H4/b8-7-;3-2-;;. The van der Waals surface area contributed by atoms with Crippen LogP contribution in [0.1, 0.15) is 40.8 Å². The van der Waals surface area contributed by atoms with Crippen molar-refractivity contribution in [3.63, 3.8) is 0 Å². The van der Waals surface area contributed by atoms with Crippen LogP contribution in [-0.4, -0.2) is 119 Å². The Kier molecular flexibility index (Phi) is 19.3. The lowest BCUT2D eigenvalue weighted by Crippen LogP contribution is -2.52. The largest absolute Gasteiger partial charge is 0.478 e. The number of nitrogens with one attached hydrogen (secondary N) is 1. The molecule has 4 aromatic carbocycles. The summed E-state index contributed by atoms with van der Waals surface area (Å²) in [6, 6.07) is 28.0. The highest BCUT2D eigenvalue weighted by molar-refractivity contribution is 5.89. The predicted molar refractivity (Wildman–Crippen MR) is 254 cm³/mol. The fraction of sp³-hybridized carbons (Fsp3) is 0.306. The second kappa shape index (κ2) is 25.0. The van der Waals surface area contributed by atoms with Crippen molar-refractivity contribution in [3.8, 4) is 22.8 Å². The Morgan fingerprint density at radius 3 is 1.46 bits per heavy atom. The number of carbonyl (C=O) groups excluding carboxylic acids is 1. The van der Waals surface area contributed by atoms with Gasteiger partial charge in [0.15, 0.2) is 11.6 Å². The zero-order valence-corrected chi connectivity index (χ0v) is 37.9. The van der Waals surface area contributed by atoms with Gasteiger partial charge in [0, 0.05) is 101 Å². The second-order valence-electron chi connectivity index (χ2n) is 16.3. The molecule has 2 aromatic heterocycles. The van der Waals surface area contributed by atoms with Crippen molar-refractivity contribution in [3.05, 3.63) is 155 Å². The molecular weight excluding hydrogens is 919 g/mol. The Morgan fingerprint density at radius 2 is 1.04 bits per heavy atom. The third kappa shape index (κ3) is 17.2. The highest BCUT2D eigenvalue weighted by atomic mass is 19.4. The number of carbonyl (C=O) groups is 2. The summed E-state index contributed by atoms with van der Waals surface area (Å²) < 4.78 is 79.9. The number of aryl methyl sites for hydroxylation is 2. The highest BCUT2D eigenvalue weighted by Gasteiger charge is 2.32. The van der Waals surface area contributed by atoms with Crippen molar-refractivity contribution in [1.82, 2.24) is 54.8 Å². The Morgan fingerprint density at radius 1 is 0.629 bits per heavy atom. The molecule has 2 aliphatic rings. The van der Waals surface area contributed by atoms with E-state index in [1.54, 1.807) is 19.9 Å². The van der Waals surface area contributed by atoms with Gasteiger partial charge in [-0.1, -0.05) is 68.1 Å². The lowest BCUT2D eigenvalue weighted by atomic mass is 10.1. The third-order valence-electron chi connectivity index (χ3n) is 10.6. The molecule has 0 aliphatic carbocycles. The van der Waals surface area contributed by atoms with Crippen molar-refractivity contribution >= 4 is 24.3 Å². The smallest absolute Gasteiger partial charge is 0.416 e. The number of carboxylic acid groups (broad SMARTS) is 1. The van der Waals surface area contributed by atoms with Crippen LogP contribution in [-0.2, 0) is 35.0 Å². The van der Waals surface area contributed by atoms with Gasteiger partial charge in [0.1, 0.15) is 12.7 Å². The molecule has 0 spiro atoms. The summed E-state index contributed by atoms with van der Waals surface area (Å²) in [5.74, 6) is 4.45. The Bertz CT molecular complexity index is 2660. The van der Waals surface area contributed by atoms with E-state index in [0.29, 0.717) is 24.2 Å². The molecule has 21 heteroatoms. The predicted octanol–water partition coefficient (Wildman–Crippen LogP) is 7.73. The zero-order valence-electron chi connectivity index (χ0n) is 37.9. The first kappa shape index (κ1) is 53.9. The van der Waals surface area contributed by atoms with Gasteiger partial charge in [0.25, 0.3) is 5.91 Å². The molecule has 70 heavy (non-hydrogen) atoms. The van der Waals surface area contributed by atoms with Crippen molar-refractivity contribution < 1.29 is 41.0 Å². The molecule has 372 valence electrons. The summed E-state index contributed by atoms with van der Waals surface area (Å²) in [7, 11) is 0. The number of hydrogen-bond acceptors (Lipinski definition) is 11. The molecule has 2 saturated heterocycles. The molecule has 4 heterocycles. The summed E-state index contributed by atoms with van der Waals surface area (Å²) in [5.41, 5.74) is 5.31. The quantitative estimate of drug-likeness (QED) is 0.0658. The summed E-state index contributed by atoms with van der Waals surface area (Å²) in [6.07, 6.45) is -1.64. The van der Waals surface area contributed by atoms with Crippen LogP contribution in [0.3, 0.4) is 0 Å². The van der Waals surface area contributed by atoms with Crippen LogP contribution in [0.4, 0.5) is 26.3 Å². The van der Waals surface area contributed by atoms with Crippen molar-refractivity contribution in [2.75, 3.05) is 52.4 Å². The molecule has 0 radical (unpaired) electrons. The number of piperazine rings is 2. The van der Waals surface area contributed by atoms with Crippen molar-refractivity contribution in [2.24, 2.45) is 5.84 Å². The lowest BCUT2D eigenvalue weighted by Gasteiger charge is -2.34. The van der Waals surface area contributed by atoms with E-state index in [1.165, 1.54) is 46.8 Å². The molecule has 0 saturated carbocycles. The monoisotopic (exact) mass is 974 g/mol. The van der Waals surface area contributed by atoms with E-state index in [2.05, 4.69) is 77.9 Å². The zero-order chi connectivity index (χ0) is 49.6.